The van der Waals surface area contributed by atoms with Gasteiger partial charge in [0.15, 0.2) is 0 Å². The zero-order valence-corrected chi connectivity index (χ0v) is 15.4. The van der Waals surface area contributed by atoms with Gasteiger partial charge in [0.2, 0.25) is 15.9 Å². The highest BCUT2D eigenvalue weighted by molar-refractivity contribution is 7.89. The second-order valence-electron chi connectivity index (χ2n) is 6.19. The average Bonchev–Trinajstić information content (AvgIpc) is 2.84. The monoisotopic (exact) mass is 397 g/mol. The third-order valence-electron chi connectivity index (χ3n) is 4.26. The summed E-state index contributed by atoms with van der Waals surface area (Å²) in [5.41, 5.74) is 1.61. The Morgan fingerprint density at radius 3 is 2.73 bits per heavy atom. The molecule has 26 heavy (non-hydrogen) atoms. The summed E-state index contributed by atoms with van der Waals surface area (Å²) in [6.45, 7) is 1.93. The Hall–Kier alpha value is -2.16. The van der Waals surface area contributed by atoms with Gasteiger partial charge < -0.3 is 10.2 Å². The first-order valence-corrected chi connectivity index (χ1v) is 9.75. The van der Waals surface area contributed by atoms with E-state index >= 15 is 0 Å². The van der Waals surface area contributed by atoms with Crippen LogP contribution in [0, 0.1) is 5.82 Å². The summed E-state index contributed by atoms with van der Waals surface area (Å²) < 4.78 is 36.8. The minimum atomic E-state index is -3.78. The first-order valence-electron chi connectivity index (χ1n) is 7.82. The van der Waals surface area contributed by atoms with Crippen LogP contribution in [-0.4, -0.2) is 26.9 Å². The van der Waals surface area contributed by atoms with Crippen molar-refractivity contribution in [1.82, 2.24) is 0 Å². The molecule has 0 aliphatic carbocycles. The maximum atomic E-state index is 13.8. The number of primary sulfonamides is 1. The van der Waals surface area contributed by atoms with Crippen molar-refractivity contribution in [3.63, 3.8) is 0 Å². The summed E-state index contributed by atoms with van der Waals surface area (Å²) >= 11 is 5.70. The van der Waals surface area contributed by atoms with E-state index in [0.717, 1.165) is 17.3 Å². The molecular formula is C17H17ClFN3O3S. The summed E-state index contributed by atoms with van der Waals surface area (Å²) in [4.78, 5) is 14.2. The van der Waals surface area contributed by atoms with Crippen LogP contribution in [-0.2, 0) is 21.2 Å². The number of benzene rings is 2. The molecule has 9 heteroatoms. The van der Waals surface area contributed by atoms with Crippen molar-refractivity contribution in [3.8, 4) is 0 Å². The lowest BCUT2D eigenvalue weighted by Gasteiger charge is -2.24. The van der Waals surface area contributed by atoms with E-state index in [0.29, 0.717) is 6.42 Å². The highest BCUT2D eigenvalue weighted by Crippen LogP contribution is 2.33. The molecule has 2 aromatic rings. The molecule has 1 heterocycles. The molecule has 0 radical (unpaired) electrons. The van der Waals surface area contributed by atoms with E-state index in [4.69, 9.17) is 16.7 Å². The summed E-state index contributed by atoms with van der Waals surface area (Å²) in [7, 11) is -3.78. The molecule has 1 amide bonds. The van der Waals surface area contributed by atoms with Crippen LogP contribution >= 0.6 is 11.6 Å². The number of nitrogens with two attached hydrogens (primary N) is 1. The predicted octanol–water partition coefficient (Wildman–Crippen LogP) is 2.52. The summed E-state index contributed by atoms with van der Waals surface area (Å²) in [5, 5.41) is 7.93. The van der Waals surface area contributed by atoms with E-state index in [9.17, 15) is 17.6 Å². The number of amides is 1. The van der Waals surface area contributed by atoms with Gasteiger partial charge in [-0.1, -0.05) is 11.6 Å². The van der Waals surface area contributed by atoms with Gasteiger partial charge >= 0.3 is 0 Å². The molecule has 6 nitrogen and oxygen atoms in total. The first-order chi connectivity index (χ1) is 12.1. The van der Waals surface area contributed by atoms with Crippen LogP contribution in [0.5, 0.6) is 0 Å². The number of sulfonamides is 1. The highest BCUT2D eigenvalue weighted by Gasteiger charge is 2.28. The van der Waals surface area contributed by atoms with Crippen molar-refractivity contribution in [2.24, 2.45) is 5.14 Å². The Labute approximate surface area is 155 Å². The molecule has 0 saturated carbocycles. The van der Waals surface area contributed by atoms with Crippen molar-refractivity contribution in [2.45, 2.75) is 24.3 Å². The third kappa shape index (κ3) is 3.82. The normalized spacial score (nSPS) is 16.5. The van der Waals surface area contributed by atoms with Crippen molar-refractivity contribution < 1.29 is 17.6 Å². The van der Waals surface area contributed by atoms with E-state index < -0.39 is 15.8 Å². The minimum absolute atomic E-state index is 0.00492. The number of hydrogen-bond acceptors (Lipinski definition) is 4. The number of carbonyl (C=O) groups excluding carboxylic acids is 1. The number of hydrogen-bond donors (Lipinski definition) is 2. The lowest BCUT2D eigenvalue weighted by molar-refractivity contribution is -0.115. The Bertz CT molecular complexity index is 981. The zero-order chi connectivity index (χ0) is 19.1. The summed E-state index contributed by atoms with van der Waals surface area (Å²) in [6, 6.07) is 8.57. The third-order valence-corrected chi connectivity index (χ3v) is 5.40. The van der Waals surface area contributed by atoms with Crippen molar-refractivity contribution in [3.05, 3.63) is 52.8 Å². The summed E-state index contributed by atoms with van der Waals surface area (Å²) in [5.74, 6) is -1.00. The number of nitrogens with zero attached hydrogens (tertiary/aromatic N) is 1. The predicted molar refractivity (Wildman–Crippen MR) is 98.4 cm³/mol. The second-order valence-corrected chi connectivity index (χ2v) is 8.19. The molecule has 0 bridgehead atoms. The fourth-order valence-electron chi connectivity index (χ4n) is 3.02. The molecule has 3 rings (SSSR count). The van der Waals surface area contributed by atoms with E-state index in [-0.39, 0.29) is 34.1 Å². The average molecular weight is 398 g/mol. The fraction of sp³-hybridized carbons (Fsp3) is 0.235. The molecule has 1 aliphatic rings. The van der Waals surface area contributed by atoms with Crippen molar-refractivity contribution >= 4 is 38.9 Å². The van der Waals surface area contributed by atoms with Gasteiger partial charge in [0.25, 0.3) is 0 Å². The molecular weight excluding hydrogens is 381 g/mol. The van der Waals surface area contributed by atoms with Crippen LogP contribution in [0.1, 0.15) is 12.5 Å². The second kappa shape index (κ2) is 6.86. The maximum Gasteiger partial charge on any atom is 0.243 e. The van der Waals surface area contributed by atoms with Crippen LogP contribution < -0.4 is 15.4 Å². The fourth-order valence-corrected chi connectivity index (χ4v) is 3.75. The molecule has 0 unspecified atom stereocenters. The van der Waals surface area contributed by atoms with Gasteiger partial charge in [-0.2, -0.15) is 0 Å². The molecule has 138 valence electrons. The van der Waals surface area contributed by atoms with Crippen LogP contribution in [0.4, 0.5) is 15.8 Å². The Morgan fingerprint density at radius 2 is 2.08 bits per heavy atom. The van der Waals surface area contributed by atoms with Gasteiger partial charge in [-0.15, -0.1) is 0 Å². The molecule has 1 atom stereocenters. The molecule has 0 aromatic heterocycles. The topological polar surface area (TPSA) is 92.5 Å². The first kappa shape index (κ1) is 18.6. The Kier molecular flexibility index (Phi) is 4.92. The van der Waals surface area contributed by atoms with Gasteiger partial charge in [0.1, 0.15) is 5.82 Å². The van der Waals surface area contributed by atoms with Gasteiger partial charge in [-0.25, -0.2) is 17.9 Å². The lowest BCUT2D eigenvalue weighted by atomic mass is 10.1. The molecule has 2 aromatic carbocycles. The molecule has 3 N–H and O–H groups in total. The van der Waals surface area contributed by atoms with Crippen molar-refractivity contribution in [2.75, 3.05) is 16.8 Å². The van der Waals surface area contributed by atoms with Gasteiger partial charge in [-0.05, 0) is 55.3 Å². The minimum Gasteiger partial charge on any atom is -0.359 e. The van der Waals surface area contributed by atoms with E-state index in [1.807, 2.05) is 11.8 Å². The Morgan fingerprint density at radius 1 is 1.35 bits per heavy atom. The van der Waals surface area contributed by atoms with Gasteiger partial charge in [0, 0.05) is 16.8 Å². The zero-order valence-electron chi connectivity index (χ0n) is 13.9. The molecule has 0 spiro atoms. The number of fused-ring (bicyclic) bond motifs is 1. The van der Waals surface area contributed by atoms with E-state index in [1.54, 1.807) is 6.07 Å². The SMILES string of the molecule is C[C@H]1Cc2cc(S(N)(=O)=O)ccc2N1CC(=O)Nc1ccc(Cl)cc1F. The van der Waals surface area contributed by atoms with Crippen LogP contribution in [0.2, 0.25) is 5.02 Å². The number of rotatable bonds is 4. The summed E-state index contributed by atoms with van der Waals surface area (Å²) in [6.07, 6.45) is 0.585. The molecule has 0 saturated heterocycles. The van der Waals surface area contributed by atoms with Crippen molar-refractivity contribution in [1.29, 1.82) is 0 Å². The smallest absolute Gasteiger partial charge is 0.243 e. The van der Waals surface area contributed by atoms with Crippen LogP contribution in [0.25, 0.3) is 0 Å². The lowest BCUT2D eigenvalue weighted by Crippen LogP contribution is -2.37. The molecule has 0 fully saturated rings. The van der Waals surface area contributed by atoms with Gasteiger partial charge in [-0.3, -0.25) is 4.79 Å². The van der Waals surface area contributed by atoms with E-state index in [2.05, 4.69) is 5.32 Å². The van der Waals surface area contributed by atoms with Gasteiger partial charge in [0.05, 0.1) is 17.1 Å². The molecule has 1 aliphatic heterocycles. The highest BCUT2D eigenvalue weighted by atomic mass is 35.5. The number of carbonyl (C=O) groups is 1. The standard InChI is InChI=1S/C17H17ClFN3O3S/c1-10-6-11-7-13(26(20,24)25)3-5-16(11)22(10)9-17(23)21-15-4-2-12(18)8-14(15)19/h2-5,7-8,10H,6,9H2,1H3,(H,21,23)(H2,20,24,25)/t10-/m0/s1. The van der Waals surface area contributed by atoms with E-state index in [1.165, 1.54) is 24.3 Å². The number of halogens is 2. The maximum absolute atomic E-state index is 13.8. The quantitative estimate of drug-likeness (QED) is 0.829. The number of nitrogens with one attached hydrogen (secondary N) is 1. The van der Waals surface area contributed by atoms with Crippen LogP contribution in [0.15, 0.2) is 41.3 Å². The largest absolute Gasteiger partial charge is 0.359 e. The number of anilines is 2. The Balaban J connectivity index is 1.78. The van der Waals surface area contributed by atoms with Crippen LogP contribution in [0.3, 0.4) is 0 Å².